The van der Waals surface area contributed by atoms with Crippen LogP contribution in [0.5, 0.6) is 0 Å². The molecular formula is C40H29F2N5. The number of fused-ring (bicyclic) bond motifs is 1. The average molecular weight is 618 g/mol. The largest absolute Gasteiger partial charge is 0.298 e. The van der Waals surface area contributed by atoms with Gasteiger partial charge in [-0.15, -0.1) is 0 Å². The third-order valence-electron chi connectivity index (χ3n) is 8.96. The Kier molecular flexibility index (Phi) is 7.14. The minimum atomic E-state index is -0.850. The fourth-order valence-corrected chi connectivity index (χ4v) is 6.82. The van der Waals surface area contributed by atoms with Gasteiger partial charge < -0.3 is 0 Å². The zero-order valence-electron chi connectivity index (χ0n) is 25.3. The van der Waals surface area contributed by atoms with Gasteiger partial charge in [0.05, 0.1) is 23.1 Å². The Hall–Kier alpha value is -5.95. The van der Waals surface area contributed by atoms with Crippen LogP contribution < -0.4 is 0 Å². The van der Waals surface area contributed by atoms with E-state index in [1.54, 1.807) is 12.4 Å². The highest BCUT2D eigenvalue weighted by molar-refractivity contribution is 5.82. The third kappa shape index (κ3) is 4.79. The molecule has 0 saturated heterocycles. The second-order valence-electron chi connectivity index (χ2n) is 11.6. The normalized spacial score (nSPS) is 14.6. The van der Waals surface area contributed by atoms with Gasteiger partial charge in [0.25, 0.3) is 0 Å². The molecule has 0 radical (unpaired) electrons. The molecule has 1 aliphatic rings. The van der Waals surface area contributed by atoms with Crippen molar-refractivity contribution >= 4 is 5.65 Å². The highest BCUT2D eigenvalue weighted by Gasteiger charge is 2.44. The maximum atomic E-state index is 15.7. The Morgan fingerprint density at radius 1 is 0.702 bits per heavy atom. The zero-order chi connectivity index (χ0) is 31.8. The molecule has 0 aliphatic heterocycles. The number of hydrogen-bond donors (Lipinski definition) is 0. The molecule has 7 aromatic rings. The highest BCUT2D eigenvalue weighted by atomic mass is 19.1. The number of halogens is 2. The zero-order valence-corrected chi connectivity index (χ0v) is 25.3. The van der Waals surface area contributed by atoms with Crippen LogP contribution in [0.3, 0.4) is 0 Å². The van der Waals surface area contributed by atoms with Crippen LogP contribution in [-0.2, 0) is 5.54 Å². The van der Waals surface area contributed by atoms with E-state index in [1.165, 1.54) is 18.2 Å². The minimum Gasteiger partial charge on any atom is -0.298 e. The van der Waals surface area contributed by atoms with E-state index in [1.807, 2.05) is 94.3 Å². The lowest BCUT2D eigenvalue weighted by Crippen LogP contribution is -2.43. The molecule has 1 atom stereocenters. The van der Waals surface area contributed by atoms with E-state index in [-0.39, 0.29) is 17.2 Å². The number of hydrogen-bond acceptors (Lipinski definition) is 3. The summed E-state index contributed by atoms with van der Waals surface area (Å²) in [5.74, 6) is -1.42. The molecule has 0 bridgehead atoms. The number of aromatic nitrogens is 5. The summed E-state index contributed by atoms with van der Waals surface area (Å²) < 4.78 is 35.3. The predicted octanol–water partition coefficient (Wildman–Crippen LogP) is 9.13. The molecule has 47 heavy (non-hydrogen) atoms. The number of rotatable bonds is 7. The van der Waals surface area contributed by atoms with E-state index in [9.17, 15) is 0 Å². The Morgan fingerprint density at radius 2 is 1.43 bits per heavy atom. The van der Waals surface area contributed by atoms with Crippen molar-refractivity contribution in [1.29, 1.82) is 0 Å². The van der Waals surface area contributed by atoms with Gasteiger partial charge >= 0.3 is 0 Å². The maximum Gasteiger partial charge on any atom is 0.137 e. The lowest BCUT2D eigenvalue weighted by atomic mass is 9.70. The molecule has 8 rings (SSSR count). The minimum absolute atomic E-state index is 0.0600. The molecule has 228 valence electrons. The Bertz CT molecular complexity index is 2190. The fraction of sp³-hybridized carbons (Fsp3) is 0.0750. The van der Waals surface area contributed by atoms with Gasteiger partial charge in [0, 0.05) is 35.6 Å². The Morgan fingerprint density at radius 3 is 2.09 bits per heavy atom. The van der Waals surface area contributed by atoms with E-state index in [4.69, 9.17) is 5.10 Å². The number of imidazole rings is 1. The standard InChI is InChI=1S/C40H29F2N5/c41-33-19-12-20-34(42)38(33)39-32(28-22-23-37-44-25-36(46(37)26-28)35-21-10-11-24-43-35)27-47(45-39)40(29-13-4-1-5-14-29,30-15-6-2-7-16-30)31-17-8-3-9-18-31/h1-17,19-27,31H,18H2. The quantitative estimate of drug-likeness (QED) is 0.179. The average Bonchev–Trinajstić information content (AvgIpc) is 3.75. The van der Waals surface area contributed by atoms with E-state index in [0.29, 0.717) is 5.56 Å². The summed E-state index contributed by atoms with van der Waals surface area (Å²) in [6, 6.07) is 33.9. The van der Waals surface area contributed by atoms with Crippen molar-refractivity contribution < 1.29 is 8.78 Å². The third-order valence-corrected chi connectivity index (χ3v) is 8.96. The molecular weight excluding hydrogens is 588 g/mol. The van der Waals surface area contributed by atoms with Gasteiger partial charge in [-0.3, -0.25) is 14.1 Å². The molecule has 0 N–H and O–H groups in total. The van der Waals surface area contributed by atoms with Crippen LogP contribution in [-0.4, -0.2) is 24.1 Å². The van der Waals surface area contributed by atoms with Gasteiger partial charge in [-0.2, -0.15) is 5.10 Å². The van der Waals surface area contributed by atoms with Gasteiger partial charge in [-0.05, 0) is 53.9 Å². The first-order valence-corrected chi connectivity index (χ1v) is 15.5. The molecule has 1 aliphatic carbocycles. The second kappa shape index (κ2) is 11.8. The maximum absolute atomic E-state index is 15.7. The van der Waals surface area contributed by atoms with E-state index in [2.05, 4.69) is 52.5 Å². The van der Waals surface area contributed by atoms with Crippen molar-refractivity contribution in [3.8, 4) is 33.8 Å². The summed E-state index contributed by atoms with van der Waals surface area (Å²) in [5.41, 5.74) is 4.81. The van der Waals surface area contributed by atoms with Crippen molar-refractivity contribution in [2.75, 3.05) is 0 Å². The van der Waals surface area contributed by atoms with E-state index in [0.717, 1.165) is 40.1 Å². The number of allylic oxidation sites excluding steroid dienone is 4. The van der Waals surface area contributed by atoms with Gasteiger partial charge in [0.2, 0.25) is 0 Å². The summed E-state index contributed by atoms with van der Waals surface area (Å²) in [4.78, 5) is 9.12. The van der Waals surface area contributed by atoms with Crippen molar-refractivity contribution in [3.63, 3.8) is 0 Å². The molecule has 0 amide bonds. The van der Waals surface area contributed by atoms with Crippen molar-refractivity contribution in [3.05, 3.63) is 181 Å². The molecule has 4 aromatic heterocycles. The van der Waals surface area contributed by atoms with Gasteiger partial charge in [0.1, 0.15) is 28.5 Å². The summed E-state index contributed by atoms with van der Waals surface area (Å²) in [6.45, 7) is 0. The van der Waals surface area contributed by atoms with Crippen molar-refractivity contribution in [2.45, 2.75) is 12.0 Å². The number of pyridine rings is 2. The lowest BCUT2D eigenvalue weighted by molar-refractivity contribution is 0.293. The predicted molar refractivity (Wildman–Crippen MR) is 180 cm³/mol. The van der Waals surface area contributed by atoms with E-state index >= 15 is 8.78 Å². The smallest absolute Gasteiger partial charge is 0.137 e. The van der Waals surface area contributed by atoms with Gasteiger partial charge in [-0.25, -0.2) is 13.8 Å². The topological polar surface area (TPSA) is 48.0 Å². The van der Waals surface area contributed by atoms with E-state index < -0.39 is 17.2 Å². The van der Waals surface area contributed by atoms with Crippen LogP contribution in [0.4, 0.5) is 8.78 Å². The molecule has 4 heterocycles. The van der Waals surface area contributed by atoms with Crippen LogP contribution in [0.2, 0.25) is 0 Å². The molecule has 0 spiro atoms. The lowest BCUT2D eigenvalue weighted by Gasteiger charge is -2.41. The second-order valence-corrected chi connectivity index (χ2v) is 11.6. The molecule has 0 saturated carbocycles. The summed E-state index contributed by atoms with van der Waals surface area (Å²) in [5, 5.41) is 5.17. The molecule has 1 unspecified atom stereocenters. The first-order chi connectivity index (χ1) is 23.1. The summed E-state index contributed by atoms with van der Waals surface area (Å²) in [6.07, 6.45) is 16.6. The van der Waals surface area contributed by atoms with Gasteiger partial charge in [-0.1, -0.05) is 97.1 Å². The molecule has 3 aromatic carbocycles. The molecule has 7 heteroatoms. The first kappa shape index (κ1) is 28.5. The highest BCUT2D eigenvalue weighted by Crippen LogP contribution is 2.46. The number of nitrogens with zero attached hydrogens (tertiary/aromatic N) is 5. The summed E-state index contributed by atoms with van der Waals surface area (Å²) >= 11 is 0. The molecule has 5 nitrogen and oxygen atoms in total. The number of benzene rings is 3. The Balaban J connectivity index is 1.44. The van der Waals surface area contributed by atoms with Crippen LogP contribution in [0.25, 0.3) is 39.4 Å². The monoisotopic (exact) mass is 617 g/mol. The fourth-order valence-electron chi connectivity index (χ4n) is 6.82. The van der Waals surface area contributed by atoms with Crippen LogP contribution in [0.15, 0.2) is 158 Å². The van der Waals surface area contributed by atoms with Crippen LogP contribution in [0.1, 0.15) is 17.5 Å². The first-order valence-electron chi connectivity index (χ1n) is 15.5. The Labute approximate surface area is 270 Å². The van der Waals surface area contributed by atoms with Crippen molar-refractivity contribution in [1.82, 2.24) is 24.1 Å². The van der Waals surface area contributed by atoms with Crippen molar-refractivity contribution in [2.24, 2.45) is 5.92 Å². The van der Waals surface area contributed by atoms with Gasteiger partial charge in [0.15, 0.2) is 0 Å². The van der Waals surface area contributed by atoms with Crippen LogP contribution >= 0.6 is 0 Å². The molecule has 0 fully saturated rings. The SMILES string of the molecule is Fc1cccc(F)c1-c1nn(C(c2ccccc2)(c2ccccc2)C2C=CC=CC2)cc1-c1ccc2ncc(-c3ccccn3)n2c1. The summed E-state index contributed by atoms with van der Waals surface area (Å²) in [7, 11) is 0. The van der Waals surface area contributed by atoms with Crippen LogP contribution in [0, 0.1) is 17.6 Å².